The topological polar surface area (TPSA) is 89.3 Å². The van der Waals surface area contributed by atoms with E-state index in [1.807, 2.05) is 41.7 Å². The second kappa shape index (κ2) is 7.45. The highest BCUT2D eigenvalue weighted by molar-refractivity contribution is 5.96. The van der Waals surface area contributed by atoms with Crippen molar-refractivity contribution in [1.29, 1.82) is 0 Å². The van der Waals surface area contributed by atoms with E-state index in [2.05, 4.69) is 15.3 Å². The Morgan fingerprint density at radius 3 is 2.54 bits per heavy atom. The van der Waals surface area contributed by atoms with Crippen LogP contribution in [0.5, 0.6) is 5.88 Å². The minimum absolute atomic E-state index is 0.184. The number of imidazole rings is 1. The first-order valence-electron chi connectivity index (χ1n) is 8.65. The molecule has 0 aliphatic rings. The maximum atomic E-state index is 12.6. The third kappa shape index (κ3) is 3.72. The number of carbonyl (C=O) groups excluding carboxylic acids is 1. The Morgan fingerprint density at radius 2 is 2.08 bits per heavy atom. The number of pyridine rings is 1. The minimum Gasteiger partial charge on any atom is -0.479 e. The highest BCUT2D eigenvalue weighted by Crippen LogP contribution is 2.38. The number of aryl methyl sites for hydroxylation is 2. The van der Waals surface area contributed by atoms with Gasteiger partial charge in [0.1, 0.15) is 17.6 Å². The minimum atomic E-state index is -1.02. The molecular formula is C19H28N4O3. The molecular weight excluding hydrogens is 332 g/mol. The molecule has 0 saturated heterocycles. The van der Waals surface area contributed by atoms with Crippen LogP contribution in [0.3, 0.4) is 0 Å². The zero-order valence-corrected chi connectivity index (χ0v) is 16.5. The van der Waals surface area contributed by atoms with Crippen molar-refractivity contribution in [1.82, 2.24) is 14.5 Å². The number of aliphatic hydroxyl groups excluding tert-OH is 1. The van der Waals surface area contributed by atoms with E-state index in [0.29, 0.717) is 23.5 Å². The Labute approximate surface area is 154 Å². The molecule has 0 aromatic carbocycles. The molecule has 0 fully saturated rings. The zero-order chi connectivity index (χ0) is 19.6. The van der Waals surface area contributed by atoms with Crippen LogP contribution in [0.4, 0.5) is 5.69 Å². The molecule has 0 aliphatic heterocycles. The van der Waals surface area contributed by atoms with Crippen molar-refractivity contribution >= 4 is 11.6 Å². The van der Waals surface area contributed by atoms with Gasteiger partial charge in [-0.2, -0.15) is 0 Å². The molecule has 142 valence electrons. The van der Waals surface area contributed by atoms with Crippen LogP contribution in [0, 0.1) is 12.3 Å². The maximum Gasteiger partial charge on any atom is 0.238 e. The Hall–Kier alpha value is -2.41. The van der Waals surface area contributed by atoms with Crippen molar-refractivity contribution in [2.24, 2.45) is 12.5 Å². The van der Waals surface area contributed by atoms with Crippen LogP contribution in [-0.4, -0.2) is 32.7 Å². The quantitative estimate of drug-likeness (QED) is 0.856. The summed E-state index contributed by atoms with van der Waals surface area (Å²) in [5.74, 6) is 0.580. The molecule has 1 amide bonds. The Kier molecular flexibility index (Phi) is 5.71. The highest BCUT2D eigenvalue weighted by Gasteiger charge is 2.30. The summed E-state index contributed by atoms with van der Waals surface area (Å²) in [5.41, 5.74) is 1.98. The number of methoxy groups -OCH3 is 1. The lowest BCUT2D eigenvalue weighted by Gasteiger charge is -2.25. The number of nitrogens with one attached hydrogen (secondary N) is 1. The molecule has 0 radical (unpaired) electrons. The van der Waals surface area contributed by atoms with Crippen LogP contribution in [0.25, 0.3) is 0 Å². The number of amides is 1. The molecule has 26 heavy (non-hydrogen) atoms. The predicted molar refractivity (Wildman–Crippen MR) is 100 cm³/mol. The van der Waals surface area contributed by atoms with Gasteiger partial charge in [0, 0.05) is 36.1 Å². The van der Waals surface area contributed by atoms with Gasteiger partial charge in [-0.3, -0.25) is 4.79 Å². The molecule has 2 aromatic heterocycles. The second-order valence-electron chi connectivity index (χ2n) is 7.33. The highest BCUT2D eigenvalue weighted by atomic mass is 16.5. The van der Waals surface area contributed by atoms with E-state index >= 15 is 0 Å². The van der Waals surface area contributed by atoms with Crippen LogP contribution in [0.1, 0.15) is 56.4 Å². The van der Waals surface area contributed by atoms with E-state index in [1.165, 1.54) is 7.11 Å². The van der Waals surface area contributed by atoms with E-state index < -0.39 is 11.5 Å². The fourth-order valence-corrected chi connectivity index (χ4v) is 2.82. The molecule has 7 heteroatoms. The van der Waals surface area contributed by atoms with E-state index in [1.54, 1.807) is 17.0 Å². The summed E-state index contributed by atoms with van der Waals surface area (Å²) in [6.07, 6.45) is 3.03. The second-order valence-corrected chi connectivity index (χ2v) is 7.33. The molecule has 1 unspecified atom stereocenters. The first-order valence-corrected chi connectivity index (χ1v) is 8.65. The van der Waals surface area contributed by atoms with E-state index in [9.17, 15) is 9.90 Å². The molecule has 2 rings (SSSR count). The van der Waals surface area contributed by atoms with Gasteiger partial charge in [-0.05, 0) is 18.9 Å². The normalized spacial score (nSPS) is 12.8. The summed E-state index contributed by atoms with van der Waals surface area (Å²) in [6, 6.07) is 0. The fraction of sp³-hybridized carbons (Fsp3) is 0.526. The number of ether oxygens (including phenoxy) is 1. The number of aliphatic hydroxyl groups is 1. The molecule has 2 heterocycles. The number of aromatic nitrogens is 3. The Balaban J connectivity index is 2.71. The van der Waals surface area contributed by atoms with Gasteiger partial charge in [0.05, 0.1) is 7.11 Å². The monoisotopic (exact) mass is 360 g/mol. The lowest BCUT2D eigenvalue weighted by molar-refractivity contribution is -0.123. The van der Waals surface area contributed by atoms with Crippen LogP contribution >= 0.6 is 0 Å². The summed E-state index contributed by atoms with van der Waals surface area (Å²) < 4.78 is 7.17. The van der Waals surface area contributed by atoms with Crippen molar-refractivity contribution in [2.75, 3.05) is 12.4 Å². The van der Waals surface area contributed by atoms with Crippen LogP contribution in [-0.2, 0) is 18.3 Å². The van der Waals surface area contributed by atoms with Gasteiger partial charge in [0.15, 0.2) is 0 Å². The van der Waals surface area contributed by atoms with Gasteiger partial charge in [-0.25, -0.2) is 9.97 Å². The van der Waals surface area contributed by atoms with Gasteiger partial charge in [0.25, 0.3) is 0 Å². The standard InChI is InChI=1S/C19H28N4O3/c1-8-12-11(2)21-17(26-7)14(22-18(25)19(3,4)5)13(12)15(24)16-20-9-10-23(16)6/h9-10,15,24H,8H2,1-7H3,(H,22,25). The van der Waals surface area contributed by atoms with E-state index in [-0.39, 0.29) is 11.8 Å². The van der Waals surface area contributed by atoms with Gasteiger partial charge < -0.3 is 19.7 Å². The summed E-state index contributed by atoms with van der Waals surface area (Å²) in [5, 5.41) is 14.0. The average Bonchev–Trinajstić information content (AvgIpc) is 2.99. The fourth-order valence-electron chi connectivity index (χ4n) is 2.82. The summed E-state index contributed by atoms with van der Waals surface area (Å²) in [4.78, 5) is 21.3. The molecule has 0 saturated carbocycles. The molecule has 0 spiro atoms. The van der Waals surface area contributed by atoms with Gasteiger partial charge >= 0.3 is 0 Å². The van der Waals surface area contributed by atoms with Gasteiger partial charge in [0.2, 0.25) is 11.8 Å². The largest absolute Gasteiger partial charge is 0.479 e. The number of hydrogen-bond donors (Lipinski definition) is 2. The molecule has 2 N–H and O–H groups in total. The molecule has 7 nitrogen and oxygen atoms in total. The lowest BCUT2D eigenvalue weighted by Crippen LogP contribution is -2.29. The number of anilines is 1. The van der Waals surface area contributed by atoms with Crippen molar-refractivity contribution in [2.45, 2.75) is 47.1 Å². The lowest BCUT2D eigenvalue weighted by atomic mass is 9.93. The number of hydrogen-bond acceptors (Lipinski definition) is 5. The first-order chi connectivity index (χ1) is 12.1. The summed E-state index contributed by atoms with van der Waals surface area (Å²) in [6.45, 7) is 9.33. The van der Waals surface area contributed by atoms with Crippen LogP contribution in [0.2, 0.25) is 0 Å². The third-order valence-corrected chi connectivity index (χ3v) is 4.36. The van der Waals surface area contributed by atoms with E-state index in [0.717, 1.165) is 11.3 Å². The van der Waals surface area contributed by atoms with Crippen LogP contribution in [0.15, 0.2) is 12.4 Å². The van der Waals surface area contributed by atoms with Crippen molar-refractivity contribution in [3.63, 3.8) is 0 Å². The summed E-state index contributed by atoms with van der Waals surface area (Å²) >= 11 is 0. The average molecular weight is 360 g/mol. The number of nitrogens with zero attached hydrogens (tertiary/aromatic N) is 3. The molecule has 1 atom stereocenters. The third-order valence-electron chi connectivity index (χ3n) is 4.36. The van der Waals surface area contributed by atoms with E-state index in [4.69, 9.17) is 4.74 Å². The van der Waals surface area contributed by atoms with Crippen LogP contribution < -0.4 is 10.1 Å². The molecule has 0 aliphatic carbocycles. The van der Waals surface area contributed by atoms with Crippen molar-refractivity contribution < 1.29 is 14.6 Å². The SMILES string of the molecule is CCc1c(C)nc(OC)c(NC(=O)C(C)(C)C)c1C(O)c1nccn1C. The zero-order valence-electron chi connectivity index (χ0n) is 16.5. The Bertz CT molecular complexity index is 806. The number of carbonyl (C=O) groups is 1. The van der Waals surface area contributed by atoms with Gasteiger partial charge in [-0.15, -0.1) is 0 Å². The maximum absolute atomic E-state index is 12.6. The summed E-state index contributed by atoms with van der Waals surface area (Å²) in [7, 11) is 3.31. The number of rotatable bonds is 5. The Morgan fingerprint density at radius 1 is 1.42 bits per heavy atom. The first kappa shape index (κ1) is 19.9. The smallest absolute Gasteiger partial charge is 0.238 e. The van der Waals surface area contributed by atoms with Crippen molar-refractivity contribution in [3.05, 3.63) is 35.0 Å². The predicted octanol–water partition coefficient (Wildman–Crippen LogP) is 2.76. The molecule has 2 aromatic rings. The van der Waals surface area contributed by atoms with Crippen molar-refractivity contribution in [3.8, 4) is 5.88 Å². The molecule has 0 bridgehead atoms. The van der Waals surface area contributed by atoms with Gasteiger partial charge in [-0.1, -0.05) is 27.7 Å².